The standard InChI is InChI=1S/C14H19ClN2O3/c1-2-4-17-13(18)3-5-16-8-10-6-11(15)14-12(7-10)19-9-20-14/h6-7,16H,2-5,8-9H2,1H3,(H,17,18). The first kappa shape index (κ1) is 14.9. The van der Waals surface area contributed by atoms with Gasteiger partial charge in [-0.25, -0.2) is 0 Å². The zero-order chi connectivity index (χ0) is 14.4. The zero-order valence-electron chi connectivity index (χ0n) is 11.5. The summed E-state index contributed by atoms with van der Waals surface area (Å²) in [6.07, 6.45) is 1.42. The van der Waals surface area contributed by atoms with E-state index in [2.05, 4.69) is 10.6 Å². The van der Waals surface area contributed by atoms with Crippen LogP contribution in [0.1, 0.15) is 25.3 Å². The maximum absolute atomic E-state index is 11.4. The van der Waals surface area contributed by atoms with E-state index in [0.717, 1.165) is 18.5 Å². The Labute approximate surface area is 123 Å². The summed E-state index contributed by atoms with van der Waals surface area (Å²) in [5.74, 6) is 1.35. The lowest BCUT2D eigenvalue weighted by Gasteiger charge is -2.07. The number of nitrogens with one attached hydrogen (secondary N) is 2. The number of hydrogen-bond donors (Lipinski definition) is 2. The number of ether oxygens (including phenoxy) is 2. The molecule has 1 heterocycles. The summed E-state index contributed by atoms with van der Waals surface area (Å²) in [6.45, 7) is 4.24. The highest BCUT2D eigenvalue weighted by molar-refractivity contribution is 6.32. The second-order valence-electron chi connectivity index (χ2n) is 4.59. The van der Waals surface area contributed by atoms with Crippen LogP contribution in [0, 0.1) is 0 Å². The Bertz CT molecular complexity index is 480. The third-order valence-corrected chi connectivity index (χ3v) is 3.20. The molecule has 2 rings (SSSR count). The lowest BCUT2D eigenvalue weighted by Crippen LogP contribution is -2.28. The van der Waals surface area contributed by atoms with Gasteiger partial charge in [0.25, 0.3) is 0 Å². The van der Waals surface area contributed by atoms with E-state index >= 15 is 0 Å². The highest BCUT2D eigenvalue weighted by atomic mass is 35.5. The van der Waals surface area contributed by atoms with Gasteiger partial charge in [-0.05, 0) is 24.1 Å². The van der Waals surface area contributed by atoms with E-state index in [0.29, 0.717) is 36.0 Å². The third-order valence-electron chi connectivity index (χ3n) is 2.92. The summed E-state index contributed by atoms with van der Waals surface area (Å²) < 4.78 is 10.6. The van der Waals surface area contributed by atoms with Crippen molar-refractivity contribution in [3.8, 4) is 11.5 Å². The Kier molecular flexibility index (Phi) is 5.49. The Morgan fingerprint density at radius 1 is 1.35 bits per heavy atom. The number of fused-ring (bicyclic) bond motifs is 1. The Morgan fingerprint density at radius 3 is 3.00 bits per heavy atom. The summed E-state index contributed by atoms with van der Waals surface area (Å²) >= 11 is 6.10. The molecule has 0 saturated heterocycles. The molecule has 110 valence electrons. The third kappa shape index (κ3) is 4.02. The van der Waals surface area contributed by atoms with Crippen LogP contribution in [0.25, 0.3) is 0 Å². The van der Waals surface area contributed by atoms with Crippen LogP contribution in [0.5, 0.6) is 11.5 Å². The molecule has 1 aliphatic heterocycles. The van der Waals surface area contributed by atoms with E-state index in [4.69, 9.17) is 21.1 Å². The minimum atomic E-state index is 0.0723. The highest BCUT2D eigenvalue weighted by Gasteiger charge is 2.17. The van der Waals surface area contributed by atoms with Gasteiger partial charge in [0.1, 0.15) is 0 Å². The van der Waals surface area contributed by atoms with Gasteiger partial charge >= 0.3 is 0 Å². The minimum Gasteiger partial charge on any atom is -0.454 e. The minimum absolute atomic E-state index is 0.0723. The molecule has 2 N–H and O–H groups in total. The van der Waals surface area contributed by atoms with Gasteiger partial charge in [-0.2, -0.15) is 0 Å². The fourth-order valence-corrected chi connectivity index (χ4v) is 2.20. The number of rotatable bonds is 7. The largest absolute Gasteiger partial charge is 0.454 e. The molecule has 0 unspecified atom stereocenters. The molecule has 0 fully saturated rings. The van der Waals surface area contributed by atoms with E-state index < -0.39 is 0 Å². The Hall–Kier alpha value is -1.46. The van der Waals surface area contributed by atoms with Crippen LogP contribution in [0.15, 0.2) is 12.1 Å². The summed E-state index contributed by atoms with van der Waals surface area (Å²) in [6, 6.07) is 3.75. The number of benzene rings is 1. The number of carbonyl (C=O) groups is 1. The van der Waals surface area contributed by atoms with Crippen molar-refractivity contribution in [1.29, 1.82) is 0 Å². The van der Waals surface area contributed by atoms with Crippen molar-refractivity contribution in [1.82, 2.24) is 10.6 Å². The van der Waals surface area contributed by atoms with Gasteiger partial charge < -0.3 is 20.1 Å². The molecule has 1 aliphatic rings. The molecule has 0 spiro atoms. The number of carbonyl (C=O) groups excluding carboxylic acids is 1. The van der Waals surface area contributed by atoms with Crippen molar-refractivity contribution in [3.05, 3.63) is 22.7 Å². The van der Waals surface area contributed by atoms with Gasteiger partial charge in [-0.1, -0.05) is 18.5 Å². The molecule has 6 heteroatoms. The quantitative estimate of drug-likeness (QED) is 0.757. The second kappa shape index (κ2) is 7.36. The average molecular weight is 299 g/mol. The summed E-state index contributed by atoms with van der Waals surface area (Å²) in [5, 5.41) is 6.60. The maximum Gasteiger partial charge on any atom is 0.231 e. The van der Waals surface area contributed by atoms with Crippen LogP contribution in [-0.4, -0.2) is 25.8 Å². The van der Waals surface area contributed by atoms with Crippen molar-refractivity contribution in [2.45, 2.75) is 26.3 Å². The van der Waals surface area contributed by atoms with Gasteiger partial charge in [0.2, 0.25) is 12.7 Å². The summed E-state index contributed by atoms with van der Waals surface area (Å²) in [7, 11) is 0. The lowest BCUT2D eigenvalue weighted by molar-refractivity contribution is -0.120. The smallest absolute Gasteiger partial charge is 0.231 e. The normalized spacial score (nSPS) is 12.5. The first-order chi connectivity index (χ1) is 9.70. The van der Waals surface area contributed by atoms with Gasteiger partial charge in [0, 0.05) is 26.1 Å². The molecule has 0 aliphatic carbocycles. The van der Waals surface area contributed by atoms with Crippen molar-refractivity contribution in [2.24, 2.45) is 0 Å². The van der Waals surface area contributed by atoms with Crippen LogP contribution in [0.2, 0.25) is 5.02 Å². The number of amides is 1. The molecule has 1 amide bonds. The predicted molar refractivity (Wildman–Crippen MR) is 77.2 cm³/mol. The molecule has 0 bridgehead atoms. The first-order valence-corrected chi connectivity index (χ1v) is 7.14. The van der Waals surface area contributed by atoms with Crippen molar-refractivity contribution >= 4 is 17.5 Å². The van der Waals surface area contributed by atoms with Gasteiger partial charge in [0.15, 0.2) is 11.5 Å². The molecular weight excluding hydrogens is 280 g/mol. The van der Waals surface area contributed by atoms with Gasteiger partial charge in [-0.15, -0.1) is 0 Å². The van der Waals surface area contributed by atoms with E-state index in [1.54, 1.807) is 0 Å². The van der Waals surface area contributed by atoms with Crippen LogP contribution in [0.3, 0.4) is 0 Å². The summed E-state index contributed by atoms with van der Waals surface area (Å²) in [4.78, 5) is 11.4. The fraction of sp³-hybridized carbons (Fsp3) is 0.500. The molecule has 1 aromatic carbocycles. The number of hydrogen-bond acceptors (Lipinski definition) is 4. The molecule has 0 atom stereocenters. The van der Waals surface area contributed by atoms with Crippen LogP contribution in [0.4, 0.5) is 0 Å². The lowest BCUT2D eigenvalue weighted by atomic mass is 10.2. The van der Waals surface area contributed by atoms with E-state index in [1.165, 1.54) is 0 Å². The van der Waals surface area contributed by atoms with Crippen molar-refractivity contribution in [3.63, 3.8) is 0 Å². The van der Waals surface area contributed by atoms with Crippen LogP contribution >= 0.6 is 11.6 Å². The first-order valence-electron chi connectivity index (χ1n) is 6.76. The van der Waals surface area contributed by atoms with Crippen LogP contribution < -0.4 is 20.1 Å². The van der Waals surface area contributed by atoms with E-state index in [9.17, 15) is 4.79 Å². The SMILES string of the molecule is CCCNC(=O)CCNCc1cc(Cl)c2c(c1)OCO2. The van der Waals surface area contributed by atoms with Crippen molar-refractivity contribution in [2.75, 3.05) is 19.9 Å². The van der Waals surface area contributed by atoms with Gasteiger partial charge in [0.05, 0.1) is 5.02 Å². The van der Waals surface area contributed by atoms with E-state index in [1.807, 2.05) is 19.1 Å². The van der Waals surface area contributed by atoms with Crippen LogP contribution in [-0.2, 0) is 11.3 Å². The highest BCUT2D eigenvalue weighted by Crippen LogP contribution is 2.39. The second-order valence-corrected chi connectivity index (χ2v) is 5.00. The zero-order valence-corrected chi connectivity index (χ0v) is 12.3. The molecule has 1 aromatic rings. The van der Waals surface area contributed by atoms with Gasteiger partial charge in [-0.3, -0.25) is 4.79 Å². The maximum atomic E-state index is 11.4. The average Bonchev–Trinajstić information content (AvgIpc) is 2.90. The summed E-state index contributed by atoms with van der Waals surface area (Å²) in [5.41, 5.74) is 1.01. The Balaban J connectivity index is 1.75. The monoisotopic (exact) mass is 298 g/mol. The molecule has 0 radical (unpaired) electrons. The topological polar surface area (TPSA) is 59.6 Å². The number of halogens is 1. The molecule has 0 saturated carbocycles. The van der Waals surface area contributed by atoms with E-state index in [-0.39, 0.29) is 12.7 Å². The molecular formula is C14H19ClN2O3. The molecule has 0 aromatic heterocycles. The fourth-order valence-electron chi connectivity index (χ4n) is 1.91. The Morgan fingerprint density at radius 2 is 2.20 bits per heavy atom. The molecule has 20 heavy (non-hydrogen) atoms. The molecule has 5 nitrogen and oxygen atoms in total. The predicted octanol–water partition coefficient (Wildman–Crippen LogP) is 2.07. The van der Waals surface area contributed by atoms with Crippen molar-refractivity contribution < 1.29 is 14.3 Å².